The standard InChI is InChI=1S/C18H16ClF3N2O3/c1-24(2)13-5-3-4-11(8-13)17(26)27-10-16(25)23-15-9-12(18(20,21)22)6-7-14(15)19/h3-9H,10H2,1-2H3,(H,23,25). The second-order valence-corrected chi connectivity index (χ2v) is 6.17. The minimum Gasteiger partial charge on any atom is -0.452 e. The number of benzene rings is 2. The van der Waals surface area contributed by atoms with E-state index in [-0.39, 0.29) is 16.3 Å². The Morgan fingerprint density at radius 3 is 2.48 bits per heavy atom. The number of nitrogens with one attached hydrogen (secondary N) is 1. The highest BCUT2D eigenvalue weighted by atomic mass is 35.5. The molecule has 0 spiro atoms. The molecule has 0 saturated heterocycles. The van der Waals surface area contributed by atoms with Crippen LogP contribution >= 0.6 is 11.6 Å². The van der Waals surface area contributed by atoms with Crippen molar-refractivity contribution in [1.29, 1.82) is 0 Å². The number of carbonyl (C=O) groups excluding carboxylic acids is 2. The molecule has 0 aliphatic carbocycles. The number of amides is 1. The predicted octanol–water partition coefficient (Wildman–Crippen LogP) is 4.22. The Labute approximate surface area is 158 Å². The van der Waals surface area contributed by atoms with Crippen LogP contribution in [0.25, 0.3) is 0 Å². The Hall–Kier alpha value is -2.74. The lowest BCUT2D eigenvalue weighted by Gasteiger charge is -2.13. The maximum absolute atomic E-state index is 12.7. The van der Waals surface area contributed by atoms with E-state index in [2.05, 4.69) is 5.32 Å². The summed E-state index contributed by atoms with van der Waals surface area (Å²) in [6.07, 6.45) is -4.58. The van der Waals surface area contributed by atoms with Gasteiger partial charge in [0.05, 0.1) is 21.8 Å². The first-order valence-corrected chi connectivity index (χ1v) is 8.07. The molecular formula is C18H16ClF3N2O3. The van der Waals surface area contributed by atoms with Gasteiger partial charge in [0.25, 0.3) is 5.91 Å². The molecule has 0 aliphatic heterocycles. The fraction of sp³-hybridized carbons (Fsp3) is 0.222. The van der Waals surface area contributed by atoms with Crippen molar-refractivity contribution in [1.82, 2.24) is 0 Å². The summed E-state index contributed by atoms with van der Waals surface area (Å²) in [6.45, 7) is -0.669. The molecule has 0 aliphatic rings. The quantitative estimate of drug-likeness (QED) is 0.763. The third kappa shape index (κ3) is 5.62. The van der Waals surface area contributed by atoms with Gasteiger partial charge in [-0.3, -0.25) is 4.79 Å². The van der Waals surface area contributed by atoms with Gasteiger partial charge in [-0.1, -0.05) is 17.7 Å². The average molecular weight is 401 g/mol. The molecule has 0 heterocycles. The molecule has 0 saturated carbocycles. The largest absolute Gasteiger partial charge is 0.452 e. The zero-order valence-corrected chi connectivity index (χ0v) is 15.2. The summed E-state index contributed by atoms with van der Waals surface area (Å²) in [6, 6.07) is 9.10. The first-order chi connectivity index (χ1) is 12.6. The molecule has 2 rings (SSSR count). The van der Waals surface area contributed by atoms with Gasteiger partial charge < -0.3 is 15.0 Å². The van der Waals surface area contributed by atoms with Crippen LogP contribution in [-0.2, 0) is 15.7 Å². The summed E-state index contributed by atoms with van der Waals surface area (Å²) in [5.41, 5.74) is -0.169. The first-order valence-electron chi connectivity index (χ1n) is 7.69. The van der Waals surface area contributed by atoms with Gasteiger partial charge in [0.1, 0.15) is 0 Å². The molecule has 5 nitrogen and oxygen atoms in total. The number of esters is 1. The number of carbonyl (C=O) groups is 2. The van der Waals surface area contributed by atoms with Crippen LogP contribution in [0.1, 0.15) is 15.9 Å². The Morgan fingerprint density at radius 1 is 1.15 bits per heavy atom. The van der Waals surface area contributed by atoms with Crippen LogP contribution in [0.3, 0.4) is 0 Å². The van der Waals surface area contributed by atoms with Gasteiger partial charge in [0.15, 0.2) is 6.61 Å². The van der Waals surface area contributed by atoms with E-state index in [0.717, 1.165) is 17.8 Å². The normalized spacial score (nSPS) is 11.0. The van der Waals surface area contributed by atoms with E-state index >= 15 is 0 Å². The molecule has 144 valence electrons. The van der Waals surface area contributed by atoms with Crippen molar-refractivity contribution in [2.75, 3.05) is 30.9 Å². The second-order valence-electron chi connectivity index (χ2n) is 5.76. The van der Waals surface area contributed by atoms with Crippen LogP contribution < -0.4 is 10.2 Å². The van der Waals surface area contributed by atoms with E-state index in [1.54, 1.807) is 37.2 Å². The lowest BCUT2D eigenvalue weighted by molar-refractivity contribution is -0.137. The van der Waals surface area contributed by atoms with Crippen molar-refractivity contribution in [3.8, 4) is 0 Å². The van der Waals surface area contributed by atoms with Crippen molar-refractivity contribution >= 4 is 34.9 Å². The molecular weight excluding hydrogens is 385 g/mol. The number of ether oxygens (including phenoxy) is 1. The third-order valence-electron chi connectivity index (χ3n) is 3.50. The van der Waals surface area contributed by atoms with Crippen LogP contribution in [0.15, 0.2) is 42.5 Å². The van der Waals surface area contributed by atoms with Crippen LogP contribution in [0.5, 0.6) is 0 Å². The van der Waals surface area contributed by atoms with E-state index in [9.17, 15) is 22.8 Å². The van der Waals surface area contributed by atoms with E-state index in [1.165, 1.54) is 6.07 Å². The topological polar surface area (TPSA) is 58.6 Å². The number of hydrogen-bond donors (Lipinski definition) is 1. The Bertz CT molecular complexity index is 854. The molecule has 0 atom stereocenters. The van der Waals surface area contributed by atoms with Gasteiger partial charge >= 0.3 is 12.1 Å². The highest BCUT2D eigenvalue weighted by Crippen LogP contribution is 2.33. The number of alkyl halides is 3. The fourth-order valence-corrected chi connectivity index (χ4v) is 2.27. The van der Waals surface area contributed by atoms with Crippen molar-refractivity contribution in [2.45, 2.75) is 6.18 Å². The van der Waals surface area contributed by atoms with E-state index in [4.69, 9.17) is 16.3 Å². The molecule has 0 aromatic heterocycles. The summed E-state index contributed by atoms with van der Waals surface area (Å²) >= 11 is 5.80. The molecule has 0 unspecified atom stereocenters. The van der Waals surface area contributed by atoms with Crippen LogP contribution in [0.4, 0.5) is 24.5 Å². The maximum atomic E-state index is 12.7. The molecule has 2 aromatic carbocycles. The Morgan fingerprint density at radius 2 is 1.85 bits per heavy atom. The van der Waals surface area contributed by atoms with E-state index < -0.39 is 30.2 Å². The molecule has 0 radical (unpaired) electrons. The first kappa shape index (κ1) is 20.6. The van der Waals surface area contributed by atoms with Crippen molar-refractivity contribution in [3.05, 3.63) is 58.6 Å². The van der Waals surface area contributed by atoms with Crippen molar-refractivity contribution < 1.29 is 27.5 Å². The third-order valence-corrected chi connectivity index (χ3v) is 3.83. The van der Waals surface area contributed by atoms with Gasteiger partial charge in [-0.2, -0.15) is 13.2 Å². The smallest absolute Gasteiger partial charge is 0.416 e. The SMILES string of the molecule is CN(C)c1cccc(C(=O)OCC(=O)Nc2cc(C(F)(F)F)ccc2Cl)c1. The molecule has 0 fully saturated rings. The Balaban J connectivity index is 2.00. The maximum Gasteiger partial charge on any atom is 0.416 e. The number of nitrogens with zero attached hydrogens (tertiary/aromatic N) is 1. The highest BCUT2D eigenvalue weighted by Gasteiger charge is 2.31. The number of rotatable bonds is 5. The van der Waals surface area contributed by atoms with Gasteiger partial charge in [-0.25, -0.2) is 4.79 Å². The van der Waals surface area contributed by atoms with Crippen LogP contribution in [0.2, 0.25) is 5.02 Å². The molecule has 1 amide bonds. The number of anilines is 2. The van der Waals surface area contributed by atoms with Gasteiger partial charge in [-0.05, 0) is 36.4 Å². The predicted molar refractivity (Wildman–Crippen MR) is 96.1 cm³/mol. The summed E-state index contributed by atoms with van der Waals surface area (Å²) in [5, 5.41) is 2.13. The molecule has 2 aromatic rings. The van der Waals surface area contributed by atoms with Crippen LogP contribution in [-0.4, -0.2) is 32.6 Å². The van der Waals surface area contributed by atoms with Gasteiger partial charge in [-0.15, -0.1) is 0 Å². The second kappa shape index (κ2) is 8.30. The Kier molecular flexibility index (Phi) is 6.32. The summed E-state index contributed by atoms with van der Waals surface area (Å²) in [7, 11) is 3.60. The average Bonchev–Trinajstić information content (AvgIpc) is 2.60. The lowest BCUT2D eigenvalue weighted by atomic mass is 10.2. The summed E-state index contributed by atoms with van der Waals surface area (Å²) in [5.74, 6) is -1.54. The number of halogens is 4. The minimum absolute atomic E-state index is 0.0682. The van der Waals surface area contributed by atoms with Crippen LogP contribution in [0, 0.1) is 0 Å². The summed E-state index contributed by atoms with van der Waals surface area (Å²) in [4.78, 5) is 25.7. The zero-order valence-electron chi connectivity index (χ0n) is 14.4. The van der Waals surface area contributed by atoms with E-state index in [1.807, 2.05) is 0 Å². The highest BCUT2D eigenvalue weighted by molar-refractivity contribution is 6.33. The lowest BCUT2D eigenvalue weighted by Crippen LogP contribution is -2.21. The van der Waals surface area contributed by atoms with Gasteiger partial charge in [0.2, 0.25) is 0 Å². The van der Waals surface area contributed by atoms with E-state index in [0.29, 0.717) is 6.07 Å². The molecule has 27 heavy (non-hydrogen) atoms. The van der Waals surface area contributed by atoms with Gasteiger partial charge in [0, 0.05) is 19.8 Å². The summed E-state index contributed by atoms with van der Waals surface area (Å²) < 4.78 is 43.1. The minimum atomic E-state index is -4.58. The zero-order chi connectivity index (χ0) is 20.2. The van der Waals surface area contributed by atoms with Crippen molar-refractivity contribution in [3.63, 3.8) is 0 Å². The fourth-order valence-electron chi connectivity index (χ4n) is 2.11. The molecule has 0 bridgehead atoms. The van der Waals surface area contributed by atoms with Crippen molar-refractivity contribution in [2.24, 2.45) is 0 Å². The number of hydrogen-bond acceptors (Lipinski definition) is 4. The molecule has 1 N–H and O–H groups in total. The molecule has 9 heteroatoms. The monoisotopic (exact) mass is 400 g/mol.